The van der Waals surface area contributed by atoms with Crippen LogP contribution in [0.2, 0.25) is 0 Å². The summed E-state index contributed by atoms with van der Waals surface area (Å²) in [6.07, 6.45) is 1.58. The fourth-order valence-electron chi connectivity index (χ4n) is 3.91. The number of H-pyrrole nitrogens is 1. The molecular formula is C22H30N6O2. The number of fused-ring (bicyclic) bond motifs is 1. The molecule has 1 atom stereocenters. The average Bonchev–Trinajstić information content (AvgIpc) is 3.14. The van der Waals surface area contributed by atoms with Gasteiger partial charge in [-0.1, -0.05) is 29.8 Å². The quantitative estimate of drug-likeness (QED) is 0.672. The lowest BCUT2D eigenvalue weighted by atomic mass is 10.0. The van der Waals surface area contributed by atoms with Crippen LogP contribution in [0, 0.1) is 6.92 Å². The summed E-state index contributed by atoms with van der Waals surface area (Å²) in [5.74, 6) is 0.462. The second kappa shape index (κ2) is 8.20. The lowest BCUT2D eigenvalue weighted by molar-refractivity contribution is 0.0187. The third-order valence-corrected chi connectivity index (χ3v) is 5.45. The van der Waals surface area contributed by atoms with Crippen molar-refractivity contribution in [2.45, 2.75) is 39.3 Å². The van der Waals surface area contributed by atoms with Gasteiger partial charge in [0.25, 0.3) is 5.56 Å². The zero-order valence-electron chi connectivity index (χ0n) is 18.1. The van der Waals surface area contributed by atoms with Crippen molar-refractivity contribution < 1.29 is 4.74 Å². The molecule has 0 saturated carbocycles. The van der Waals surface area contributed by atoms with Gasteiger partial charge in [0.05, 0.1) is 31.0 Å². The molecular weight excluding hydrogens is 380 g/mol. The standard InChI is InChI=1S/C22H30N6O2/c1-15-6-5-7-16(12-15)18(27-8-10-30-11-9-27)14-23-21-25-19-17(20(29)26-21)13-24-28(19)22(2,3)4/h5-7,12-13,18H,8-11,14H2,1-4H3,(H2,23,25,26,29). The van der Waals surface area contributed by atoms with Gasteiger partial charge in [-0.25, -0.2) is 4.68 Å². The fourth-order valence-corrected chi connectivity index (χ4v) is 3.91. The first-order chi connectivity index (χ1) is 14.3. The van der Waals surface area contributed by atoms with Crippen LogP contribution in [0.4, 0.5) is 5.95 Å². The van der Waals surface area contributed by atoms with E-state index >= 15 is 0 Å². The zero-order chi connectivity index (χ0) is 21.3. The molecule has 8 heteroatoms. The number of anilines is 1. The molecule has 3 aromatic rings. The minimum atomic E-state index is -0.266. The van der Waals surface area contributed by atoms with Crippen LogP contribution in [0.15, 0.2) is 35.3 Å². The Morgan fingerprint density at radius 1 is 1.27 bits per heavy atom. The number of aryl methyl sites for hydroxylation is 1. The highest BCUT2D eigenvalue weighted by atomic mass is 16.5. The van der Waals surface area contributed by atoms with E-state index in [1.54, 1.807) is 10.9 Å². The average molecular weight is 411 g/mol. The molecule has 1 aliphatic rings. The number of ether oxygens (including phenoxy) is 1. The first kappa shape index (κ1) is 20.6. The van der Waals surface area contributed by atoms with Crippen molar-refractivity contribution in [3.8, 4) is 0 Å². The lowest BCUT2D eigenvalue weighted by Gasteiger charge is -2.35. The van der Waals surface area contributed by atoms with Gasteiger partial charge in [0.2, 0.25) is 5.95 Å². The minimum absolute atomic E-state index is 0.155. The molecule has 8 nitrogen and oxygen atoms in total. The Bertz CT molecular complexity index is 1080. The molecule has 1 fully saturated rings. The van der Waals surface area contributed by atoms with Crippen molar-refractivity contribution in [1.29, 1.82) is 0 Å². The van der Waals surface area contributed by atoms with Crippen LogP contribution in [0.25, 0.3) is 11.0 Å². The predicted octanol–water partition coefficient (Wildman–Crippen LogP) is 2.67. The van der Waals surface area contributed by atoms with E-state index in [1.807, 2.05) is 20.8 Å². The van der Waals surface area contributed by atoms with Crippen molar-refractivity contribution in [3.05, 3.63) is 51.9 Å². The molecule has 3 heterocycles. The topological polar surface area (TPSA) is 88.1 Å². The first-order valence-corrected chi connectivity index (χ1v) is 10.4. The lowest BCUT2D eigenvalue weighted by Crippen LogP contribution is -2.41. The van der Waals surface area contributed by atoms with Gasteiger partial charge in [0.1, 0.15) is 5.39 Å². The van der Waals surface area contributed by atoms with Gasteiger partial charge >= 0.3 is 0 Å². The second-order valence-electron chi connectivity index (χ2n) is 8.84. The predicted molar refractivity (Wildman–Crippen MR) is 118 cm³/mol. The second-order valence-corrected chi connectivity index (χ2v) is 8.84. The number of hydrogen-bond donors (Lipinski definition) is 2. The molecule has 2 N–H and O–H groups in total. The number of rotatable bonds is 5. The molecule has 0 aliphatic carbocycles. The Morgan fingerprint density at radius 2 is 2.03 bits per heavy atom. The maximum Gasteiger partial charge on any atom is 0.263 e. The summed E-state index contributed by atoms with van der Waals surface area (Å²) in [6.45, 7) is 12.1. The normalized spacial score (nSPS) is 16.7. The van der Waals surface area contributed by atoms with E-state index in [4.69, 9.17) is 4.74 Å². The molecule has 1 aliphatic heterocycles. The molecule has 1 saturated heterocycles. The van der Waals surface area contributed by atoms with Gasteiger partial charge in [-0.05, 0) is 33.3 Å². The van der Waals surface area contributed by atoms with Gasteiger partial charge in [-0.15, -0.1) is 0 Å². The maximum atomic E-state index is 12.6. The Labute approximate surface area is 176 Å². The molecule has 0 radical (unpaired) electrons. The summed E-state index contributed by atoms with van der Waals surface area (Å²) >= 11 is 0. The molecule has 4 rings (SSSR count). The number of nitrogens with zero attached hydrogens (tertiary/aromatic N) is 4. The first-order valence-electron chi connectivity index (χ1n) is 10.4. The molecule has 30 heavy (non-hydrogen) atoms. The number of nitrogens with one attached hydrogen (secondary N) is 2. The summed E-state index contributed by atoms with van der Waals surface area (Å²) < 4.78 is 7.34. The van der Waals surface area contributed by atoms with Gasteiger partial charge < -0.3 is 10.1 Å². The van der Waals surface area contributed by atoms with Crippen molar-refractivity contribution in [2.24, 2.45) is 0 Å². The molecule has 0 spiro atoms. The van der Waals surface area contributed by atoms with Crippen molar-refractivity contribution in [3.63, 3.8) is 0 Å². The number of morpholine rings is 1. The summed E-state index contributed by atoms with van der Waals surface area (Å²) in [7, 11) is 0. The SMILES string of the molecule is Cc1cccc(C(CNc2nc3c(cnn3C(C)(C)C)c(=O)[nH]2)N2CCOCC2)c1. The van der Waals surface area contributed by atoms with Crippen LogP contribution in [0.1, 0.15) is 37.9 Å². The van der Waals surface area contributed by atoms with E-state index in [-0.39, 0.29) is 17.1 Å². The number of benzene rings is 1. The number of aromatic amines is 1. The van der Waals surface area contributed by atoms with Gasteiger partial charge in [-0.3, -0.25) is 14.7 Å². The van der Waals surface area contributed by atoms with E-state index in [2.05, 4.69) is 56.5 Å². The number of aromatic nitrogens is 4. The zero-order valence-corrected chi connectivity index (χ0v) is 18.1. The largest absolute Gasteiger partial charge is 0.379 e. The highest BCUT2D eigenvalue weighted by Crippen LogP contribution is 2.24. The van der Waals surface area contributed by atoms with Gasteiger partial charge in [-0.2, -0.15) is 10.1 Å². The van der Waals surface area contributed by atoms with Crippen LogP contribution in [-0.4, -0.2) is 57.5 Å². The van der Waals surface area contributed by atoms with Crippen LogP contribution in [0.3, 0.4) is 0 Å². The highest BCUT2D eigenvalue weighted by molar-refractivity contribution is 5.74. The third kappa shape index (κ3) is 4.24. The van der Waals surface area contributed by atoms with E-state index < -0.39 is 0 Å². The molecule has 1 unspecified atom stereocenters. The van der Waals surface area contributed by atoms with Crippen molar-refractivity contribution in [2.75, 3.05) is 38.2 Å². The minimum Gasteiger partial charge on any atom is -0.379 e. The molecule has 160 valence electrons. The Balaban J connectivity index is 1.63. The monoisotopic (exact) mass is 410 g/mol. The van der Waals surface area contributed by atoms with Crippen LogP contribution in [0.5, 0.6) is 0 Å². The van der Waals surface area contributed by atoms with Crippen molar-refractivity contribution >= 4 is 17.0 Å². The van der Waals surface area contributed by atoms with Crippen LogP contribution >= 0.6 is 0 Å². The smallest absolute Gasteiger partial charge is 0.263 e. The van der Waals surface area contributed by atoms with Crippen LogP contribution < -0.4 is 10.9 Å². The maximum absolute atomic E-state index is 12.6. The van der Waals surface area contributed by atoms with Crippen LogP contribution in [-0.2, 0) is 10.3 Å². The summed E-state index contributed by atoms with van der Waals surface area (Å²) in [4.78, 5) is 22.5. The Kier molecular flexibility index (Phi) is 5.62. The Morgan fingerprint density at radius 3 is 2.73 bits per heavy atom. The third-order valence-electron chi connectivity index (χ3n) is 5.45. The van der Waals surface area contributed by atoms with E-state index in [0.717, 1.165) is 26.3 Å². The highest BCUT2D eigenvalue weighted by Gasteiger charge is 2.24. The molecule has 0 amide bonds. The fraction of sp³-hybridized carbons (Fsp3) is 0.500. The van der Waals surface area contributed by atoms with E-state index in [0.29, 0.717) is 23.5 Å². The number of hydrogen-bond acceptors (Lipinski definition) is 6. The van der Waals surface area contributed by atoms with Gasteiger partial charge in [0.15, 0.2) is 5.65 Å². The molecule has 1 aromatic carbocycles. The Hall–Kier alpha value is -2.71. The molecule has 0 bridgehead atoms. The molecule has 2 aromatic heterocycles. The van der Waals surface area contributed by atoms with Gasteiger partial charge in [0, 0.05) is 19.6 Å². The van der Waals surface area contributed by atoms with E-state index in [9.17, 15) is 4.79 Å². The summed E-state index contributed by atoms with van der Waals surface area (Å²) in [6, 6.07) is 8.72. The summed E-state index contributed by atoms with van der Waals surface area (Å²) in [5, 5.41) is 8.25. The summed E-state index contributed by atoms with van der Waals surface area (Å²) in [5.41, 5.74) is 2.61. The van der Waals surface area contributed by atoms with E-state index in [1.165, 1.54) is 11.1 Å². The van der Waals surface area contributed by atoms with Crippen molar-refractivity contribution in [1.82, 2.24) is 24.6 Å².